The number of anilines is 1. The molecule has 0 aliphatic heterocycles. The summed E-state index contributed by atoms with van der Waals surface area (Å²) in [7, 11) is 1.56. The zero-order valence-corrected chi connectivity index (χ0v) is 14.4. The molecule has 25 heavy (non-hydrogen) atoms. The molecule has 5 nitrogen and oxygen atoms in total. The number of halogens is 1. The van der Waals surface area contributed by atoms with Gasteiger partial charge >= 0.3 is 0 Å². The third-order valence-corrected chi connectivity index (χ3v) is 3.85. The van der Waals surface area contributed by atoms with E-state index in [0.29, 0.717) is 11.4 Å². The van der Waals surface area contributed by atoms with Gasteiger partial charge in [-0.15, -0.1) is 0 Å². The fraction of sp³-hybridized carbons (Fsp3) is 0.263. The molecule has 132 valence electrons. The summed E-state index contributed by atoms with van der Waals surface area (Å²) in [4.78, 5) is 24.8. The number of benzene rings is 2. The molecule has 0 saturated heterocycles. The van der Waals surface area contributed by atoms with E-state index in [4.69, 9.17) is 4.74 Å². The first-order valence-corrected chi connectivity index (χ1v) is 7.81. The second-order valence-electron chi connectivity index (χ2n) is 6.12. The van der Waals surface area contributed by atoms with Crippen LogP contribution in [0.5, 0.6) is 5.75 Å². The Labute approximate surface area is 146 Å². The van der Waals surface area contributed by atoms with Crippen molar-refractivity contribution in [2.45, 2.75) is 20.4 Å². The van der Waals surface area contributed by atoms with Crippen molar-refractivity contribution in [1.82, 2.24) is 5.32 Å². The van der Waals surface area contributed by atoms with E-state index in [1.165, 1.54) is 12.1 Å². The van der Waals surface area contributed by atoms with Crippen molar-refractivity contribution in [2.24, 2.45) is 5.41 Å². The number of hydrogen-bond acceptors (Lipinski definition) is 3. The number of carbonyl (C=O) groups is 2. The summed E-state index contributed by atoms with van der Waals surface area (Å²) in [6.45, 7) is 3.32. The molecule has 0 unspecified atom stereocenters. The van der Waals surface area contributed by atoms with Crippen molar-refractivity contribution in [1.29, 1.82) is 0 Å². The molecule has 2 amide bonds. The second kappa shape index (κ2) is 7.79. The Bertz CT molecular complexity index is 740. The molecule has 0 spiro atoms. The Balaban J connectivity index is 1.96. The van der Waals surface area contributed by atoms with Crippen molar-refractivity contribution < 1.29 is 18.7 Å². The first-order chi connectivity index (χ1) is 11.8. The lowest BCUT2D eigenvalue weighted by Gasteiger charge is -2.23. The van der Waals surface area contributed by atoms with Crippen molar-refractivity contribution in [3.8, 4) is 5.75 Å². The summed E-state index contributed by atoms with van der Waals surface area (Å²) >= 11 is 0. The molecule has 6 heteroatoms. The minimum atomic E-state index is -1.26. The zero-order chi connectivity index (χ0) is 18.4. The Morgan fingerprint density at radius 3 is 2.16 bits per heavy atom. The lowest BCUT2D eigenvalue weighted by Crippen LogP contribution is -2.44. The number of ether oxygens (including phenoxy) is 1. The van der Waals surface area contributed by atoms with E-state index in [0.717, 1.165) is 5.56 Å². The van der Waals surface area contributed by atoms with Crippen molar-refractivity contribution in [3.63, 3.8) is 0 Å². The maximum absolute atomic E-state index is 12.9. The number of amides is 2. The topological polar surface area (TPSA) is 67.4 Å². The van der Waals surface area contributed by atoms with Crippen molar-refractivity contribution >= 4 is 17.5 Å². The number of nitrogens with one attached hydrogen (secondary N) is 2. The Morgan fingerprint density at radius 1 is 1.00 bits per heavy atom. The van der Waals surface area contributed by atoms with E-state index in [-0.39, 0.29) is 12.4 Å². The first-order valence-electron chi connectivity index (χ1n) is 7.81. The van der Waals surface area contributed by atoms with Crippen molar-refractivity contribution in [3.05, 3.63) is 59.9 Å². The molecule has 2 rings (SSSR count). The molecular formula is C19H21FN2O3. The Hall–Kier alpha value is -2.89. The average molecular weight is 344 g/mol. The van der Waals surface area contributed by atoms with Gasteiger partial charge in [0.2, 0.25) is 11.8 Å². The maximum atomic E-state index is 12.9. The summed E-state index contributed by atoms with van der Waals surface area (Å²) in [5.74, 6) is -0.499. The number of rotatable bonds is 6. The first kappa shape index (κ1) is 18.4. The van der Waals surface area contributed by atoms with Gasteiger partial charge in [0.15, 0.2) is 0 Å². The molecule has 0 aliphatic rings. The molecule has 0 atom stereocenters. The van der Waals surface area contributed by atoms with Crippen molar-refractivity contribution in [2.75, 3.05) is 12.4 Å². The molecule has 2 aromatic rings. The van der Waals surface area contributed by atoms with Gasteiger partial charge in [-0.2, -0.15) is 0 Å². The van der Waals surface area contributed by atoms with Crippen LogP contribution < -0.4 is 15.4 Å². The van der Waals surface area contributed by atoms with Gasteiger partial charge in [0.25, 0.3) is 0 Å². The van der Waals surface area contributed by atoms with Gasteiger partial charge in [-0.1, -0.05) is 12.1 Å². The lowest BCUT2D eigenvalue weighted by atomic mass is 9.90. The van der Waals surface area contributed by atoms with Crippen LogP contribution in [0.4, 0.5) is 10.1 Å². The monoisotopic (exact) mass is 344 g/mol. The van der Waals surface area contributed by atoms with Crippen LogP contribution in [0.15, 0.2) is 48.5 Å². The van der Waals surface area contributed by atoms with Gasteiger partial charge in [-0.05, 0) is 55.8 Å². The predicted molar refractivity (Wildman–Crippen MR) is 93.7 cm³/mol. The van der Waals surface area contributed by atoms with E-state index in [2.05, 4.69) is 10.6 Å². The summed E-state index contributed by atoms with van der Waals surface area (Å²) in [5.41, 5.74) is 0.0614. The lowest BCUT2D eigenvalue weighted by molar-refractivity contribution is -0.138. The second-order valence-corrected chi connectivity index (χ2v) is 6.12. The van der Waals surface area contributed by atoms with Crippen LogP contribution in [0.25, 0.3) is 0 Å². The van der Waals surface area contributed by atoms with E-state index in [1.807, 2.05) is 0 Å². The highest BCUT2D eigenvalue weighted by atomic mass is 19.1. The third-order valence-electron chi connectivity index (χ3n) is 3.85. The highest BCUT2D eigenvalue weighted by molar-refractivity contribution is 6.09. The Kier molecular flexibility index (Phi) is 5.75. The van der Waals surface area contributed by atoms with Gasteiger partial charge < -0.3 is 15.4 Å². The highest BCUT2D eigenvalue weighted by Crippen LogP contribution is 2.21. The summed E-state index contributed by atoms with van der Waals surface area (Å²) < 4.78 is 17.9. The minimum absolute atomic E-state index is 0.221. The third kappa shape index (κ3) is 4.79. The van der Waals surface area contributed by atoms with E-state index < -0.39 is 17.2 Å². The van der Waals surface area contributed by atoms with Gasteiger partial charge in [-0.3, -0.25) is 9.59 Å². The molecule has 0 fully saturated rings. The molecular weight excluding hydrogens is 323 g/mol. The maximum Gasteiger partial charge on any atom is 0.239 e. The summed E-state index contributed by atoms with van der Waals surface area (Å²) in [6.07, 6.45) is 0. The van der Waals surface area contributed by atoms with Crippen LogP contribution >= 0.6 is 0 Å². The van der Waals surface area contributed by atoms with E-state index >= 15 is 0 Å². The quantitative estimate of drug-likeness (QED) is 0.791. The van der Waals surface area contributed by atoms with Crippen LogP contribution in [0.2, 0.25) is 0 Å². The van der Waals surface area contributed by atoms with Crippen LogP contribution in [-0.4, -0.2) is 18.9 Å². The summed E-state index contributed by atoms with van der Waals surface area (Å²) in [5, 5.41) is 5.42. The normalized spacial score (nSPS) is 10.9. The van der Waals surface area contributed by atoms with E-state index in [9.17, 15) is 14.0 Å². The zero-order valence-electron chi connectivity index (χ0n) is 14.4. The standard InChI is InChI=1S/C19H21FN2O3/c1-19(2,17(23)21-12-13-4-6-14(20)7-5-13)18(24)22-15-8-10-16(25-3)11-9-15/h4-11H,12H2,1-3H3,(H,21,23)(H,22,24). The molecule has 0 saturated carbocycles. The number of carbonyl (C=O) groups excluding carboxylic acids is 2. The SMILES string of the molecule is COc1ccc(NC(=O)C(C)(C)C(=O)NCc2ccc(F)cc2)cc1. The van der Waals surface area contributed by atoms with Crippen LogP contribution in [0, 0.1) is 11.2 Å². The molecule has 0 heterocycles. The van der Waals surface area contributed by atoms with E-state index in [1.54, 1.807) is 57.4 Å². The highest BCUT2D eigenvalue weighted by Gasteiger charge is 2.35. The fourth-order valence-electron chi connectivity index (χ4n) is 2.07. The van der Waals surface area contributed by atoms with Gasteiger partial charge in [0, 0.05) is 12.2 Å². The molecule has 0 radical (unpaired) electrons. The number of methoxy groups -OCH3 is 1. The van der Waals surface area contributed by atoms with Gasteiger partial charge in [-0.25, -0.2) is 4.39 Å². The largest absolute Gasteiger partial charge is 0.497 e. The molecule has 0 aromatic heterocycles. The predicted octanol–water partition coefficient (Wildman–Crippen LogP) is 3.12. The van der Waals surface area contributed by atoms with Gasteiger partial charge in [0.05, 0.1) is 7.11 Å². The molecule has 2 N–H and O–H groups in total. The smallest absolute Gasteiger partial charge is 0.239 e. The Morgan fingerprint density at radius 2 is 1.60 bits per heavy atom. The van der Waals surface area contributed by atoms with Gasteiger partial charge in [0.1, 0.15) is 17.0 Å². The van der Waals surface area contributed by atoms with Crippen LogP contribution in [-0.2, 0) is 16.1 Å². The summed E-state index contributed by atoms with van der Waals surface area (Å²) in [6, 6.07) is 12.6. The number of hydrogen-bond donors (Lipinski definition) is 2. The van der Waals surface area contributed by atoms with Crippen LogP contribution in [0.3, 0.4) is 0 Å². The fourth-order valence-corrected chi connectivity index (χ4v) is 2.07. The average Bonchev–Trinajstić information content (AvgIpc) is 2.61. The van der Waals surface area contributed by atoms with Crippen LogP contribution in [0.1, 0.15) is 19.4 Å². The molecule has 0 bridgehead atoms. The molecule has 2 aromatic carbocycles. The molecule has 0 aliphatic carbocycles. The minimum Gasteiger partial charge on any atom is -0.497 e.